The van der Waals surface area contributed by atoms with Crippen LogP contribution < -0.4 is 5.56 Å². The number of nitrogens with one attached hydrogen (secondary N) is 1. The number of halogens is 1. The van der Waals surface area contributed by atoms with Gasteiger partial charge >= 0.3 is 0 Å². The molecule has 1 saturated heterocycles. The Bertz CT molecular complexity index is 523. The van der Waals surface area contributed by atoms with E-state index in [9.17, 15) is 4.79 Å². The van der Waals surface area contributed by atoms with E-state index in [1.54, 1.807) is 0 Å². The molecule has 4 nitrogen and oxygen atoms in total. The fourth-order valence-corrected chi connectivity index (χ4v) is 3.63. The van der Waals surface area contributed by atoms with Crippen LogP contribution in [0.1, 0.15) is 69.0 Å². The maximum Gasteiger partial charge on any atom is 0.265 e. The second kappa shape index (κ2) is 5.37. The van der Waals surface area contributed by atoms with E-state index in [1.807, 2.05) is 0 Å². The first kappa shape index (κ1) is 13.3. The molecule has 2 atom stereocenters. The van der Waals surface area contributed by atoms with E-state index in [4.69, 9.17) is 9.72 Å². The van der Waals surface area contributed by atoms with Gasteiger partial charge in [-0.25, -0.2) is 4.98 Å². The summed E-state index contributed by atoms with van der Waals surface area (Å²) in [5.74, 6) is 1.13. The Balaban J connectivity index is 1.95. The van der Waals surface area contributed by atoms with Crippen LogP contribution in [-0.2, 0) is 4.74 Å². The molecule has 2 fully saturated rings. The lowest BCUT2D eigenvalue weighted by atomic mass is 10.0. The van der Waals surface area contributed by atoms with Crippen LogP contribution in [0.4, 0.5) is 0 Å². The SMILES string of the molecule is CC1CCC(c2nc(C3CCCC3)c(Br)c(=O)[nH]2)O1. The maximum atomic E-state index is 12.1. The zero-order valence-electron chi connectivity index (χ0n) is 11.1. The highest BCUT2D eigenvalue weighted by Crippen LogP contribution is 2.37. The van der Waals surface area contributed by atoms with Crippen molar-refractivity contribution in [1.82, 2.24) is 9.97 Å². The molecule has 1 aliphatic carbocycles. The fraction of sp³-hybridized carbons (Fsp3) is 0.714. The van der Waals surface area contributed by atoms with Crippen LogP contribution in [0.15, 0.2) is 9.27 Å². The molecule has 2 aliphatic rings. The van der Waals surface area contributed by atoms with Crippen molar-refractivity contribution in [3.63, 3.8) is 0 Å². The minimum Gasteiger partial charge on any atom is -0.367 e. The lowest BCUT2D eigenvalue weighted by Gasteiger charge is -2.15. The molecule has 3 rings (SSSR count). The van der Waals surface area contributed by atoms with Crippen molar-refractivity contribution in [2.75, 3.05) is 0 Å². The molecule has 5 heteroatoms. The molecular weight excluding hydrogens is 308 g/mol. The first-order valence-corrected chi connectivity index (χ1v) is 7.89. The van der Waals surface area contributed by atoms with Crippen molar-refractivity contribution in [3.8, 4) is 0 Å². The molecule has 1 aromatic rings. The van der Waals surface area contributed by atoms with Gasteiger partial charge in [-0.1, -0.05) is 12.8 Å². The largest absolute Gasteiger partial charge is 0.367 e. The van der Waals surface area contributed by atoms with E-state index in [1.165, 1.54) is 12.8 Å². The van der Waals surface area contributed by atoms with Gasteiger partial charge in [0.25, 0.3) is 5.56 Å². The Labute approximate surface area is 121 Å². The van der Waals surface area contributed by atoms with Crippen molar-refractivity contribution in [1.29, 1.82) is 0 Å². The average Bonchev–Trinajstić information content (AvgIpc) is 3.03. The van der Waals surface area contributed by atoms with Gasteiger partial charge in [-0.3, -0.25) is 4.79 Å². The average molecular weight is 327 g/mol. The molecule has 2 heterocycles. The Morgan fingerprint density at radius 2 is 2.00 bits per heavy atom. The molecular formula is C14H19BrN2O2. The summed E-state index contributed by atoms with van der Waals surface area (Å²) >= 11 is 3.40. The van der Waals surface area contributed by atoms with E-state index < -0.39 is 0 Å². The number of hydrogen-bond donors (Lipinski definition) is 1. The summed E-state index contributed by atoms with van der Waals surface area (Å²) in [4.78, 5) is 19.6. The third-order valence-corrected chi connectivity index (χ3v) is 4.95. The van der Waals surface area contributed by atoms with Gasteiger partial charge < -0.3 is 9.72 Å². The van der Waals surface area contributed by atoms with Crippen LogP contribution in [0.5, 0.6) is 0 Å². The van der Waals surface area contributed by atoms with E-state index in [2.05, 4.69) is 27.8 Å². The lowest BCUT2D eigenvalue weighted by Crippen LogP contribution is -2.19. The monoisotopic (exact) mass is 326 g/mol. The van der Waals surface area contributed by atoms with Crippen molar-refractivity contribution >= 4 is 15.9 Å². The van der Waals surface area contributed by atoms with E-state index in [0.29, 0.717) is 16.2 Å². The Kier molecular flexibility index (Phi) is 3.76. The minimum atomic E-state index is -0.0740. The van der Waals surface area contributed by atoms with Crippen LogP contribution in [0.2, 0.25) is 0 Å². The predicted octanol–water partition coefficient (Wildman–Crippen LogP) is 3.43. The summed E-state index contributed by atoms with van der Waals surface area (Å²) in [6.07, 6.45) is 6.92. The smallest absolute Gasteiger partial charge is 0.265 e. The number of H-pyrrole nitrogens is 1. The van der Waals surface area contributed by atoms with Gasteiger partial charge in [0.1, 0.15) is 16.4 Å². The number of hydrogen-bond acceptors (Lipinski definition) is 3. The molecule has 0 bridgehead atoms. The van der Waals surface area contributed by atoms with Gasteiger partial charge in [0.15, 0.2) is 0 Å². The molecule has 0 aromatic carbocycles. The Morgan fingerprint density at radius 1 is 1.26 bits per heavy atom. The van der Waals surface area contributed by atoms with E-state index in [-0.39, 0.29) is 17.8 Å². The third-order valence-electron chi connectivity index (χ3n) is 4.19. The standard InChI is InChI=1S/C14H19BrN2O2/c1-8-6-7-10(19-8)13-16-12(9-4-2-3-5-9)11(15)14(18)17-13/h8-10H,2-7H2,1H3,(H,16,17,18). The molecule has 0 radical (unpaired) electrons. The van der Waals surface area contributed by atoms with Gasteiger partial charge in [0, 0.05) is 5.92 Å². The van der Waals surface area contributed by atoms with Crippen molar-refractivity contribution in [2.45, 2.75) is 63.6 Å². The first-order chi connectivity index (χ1) is 9.15. The molecule has 0 amide bonds. The van der Waals surface area contributed by atoms with Crippen LogP contribution in [0, 0.1) is 0 Å². The molecule has 2 unspecified atom stereocenters. The van der Waals surface area contributed by atoms with Crippen molar-refractivity contribution in [2.24, 2.45) is 0 Å². The number of ether oxygens (including phenoxy) is 1. The molecule has 1 aliphatic heterocycles. The second-order valence-corrected chi connectivity index (χ2v) is 6.44. The number of nitrogens with zero attached hydrogens (tertiary/aromatic N) is 1. The van der Waals surface area contributed by atoms with Gasteiger partial charge in [-0.05, 0) is 48.5 Å². The summed E-state index contributed by atoms with van der Waals surface area (Å²) in [5.41, 5.74) is 0.856. The van der Waals surface area contributed by atoms with Gasteiger partial charge in [0.05, 0.1) is 11.8 Å². The molecule has 104 valence electrons. The van der Waals surface area contributed by atoms with Crippen LogP contribution in [0.25, 0.3) is 0 Å². The third kappa shape index (κ3) is 2.63. The summed E-state index contributed by atoms with van der Waals surface area (Å²) in [5, 5.41) is 0. The van der Waals surface area contributed by atoms with E-state index >= 15 is 0 Å². The highest BCUT2D eigenvalue weighted by molar-refractivity contribution is 9.10. The summed E-state index contributed by atoms with van der Waals surface area (Å²) in [6, 6.07) is 0. The Morgan fingerprint density at radius 3 is 2.63 bits per heavy atom. The van der Waals surface area contributed by atoms with Gasteiger partial charge in [-0.2, -0.15) is 0 Å². The summed E-state index contributed by atoms with van der Waals surface area (Å²) in [7, 11) is 0. The van der Waals surface area contributed by atoms with Crippen LogP contribution >= 0.6 is 15.9 Å². The summed E-state index contributed by atoms with van der Waals surface area (Å²) in [6.45, 7) is 2.06. The van der Waals surface area contributed by atoms with Gasteiger partial charge in [0.2, 0.25) is 0 Å². The fourth-order valence-electron chi connectivity index (χ4n) is 3.12. The molecule has 0 spiro atoms. The zero-order valence-corrected chi connectivity index (χ0v) is 12.7. The topological polar surface area (TPSA) is 55.0 Å². The van der Waals surface area contributed by atoms with Crippen LogP contribution in [-0.4, -0.2) is 16.1 Å². The number of aromatic amines is 1. The predicted molar refractivity (Wildman–Crippen MR) is 76.3 cm³/mol. The molecule has 1 aromatic heterocycles. The van der Waals surface area contributed by atoms with Crippen molar-refractivity contribution in [3.05, 3.63) is 26.3 Å². The quantitative estimate of drug-likeness (QED) is 0.905. The number of rotatable bonds is 2. The summed E-state index contributed by atoms with van der Waals surface area (Å²) < 4.78 is 6.42. The first-order valence-electron chi connectivity index (χ1n) is 7.10. The minimum absolute atomic E-state index is 0.0454. The van der Waals surface area contributed by atoms with Gasteiger partial charge in [-0.15, -0.1) is 0 Å². The Hall–Kier alpha value is -0.680. The van der Waals surface area contributed by atoms with Crippen LogP contribution in [0.3, 0.4) is 0 Å². The number of aromatic nitrogens is 2. The molecule has 1 N–H and O–H groups in total. The normalized spacial score (nSPS) is 28.1. The zero-order chi connectivity index (χ0) is 13.4. The maximum absolute atomic E-state index is 12.1. The van der Waals surface area contributed by atoms with E-state index in [0.717, 1.165) is 31.4 Å². The molecule has 19 heavy (non-hydrogen) atoms. The van der Waals surface area contributed by atoms with Crippen molar-refractivity contribution < 1.29 is 4.74 Å². The highest BCUT2D eigenvalue weighted by Gasteiger charge is 2.28. The second-order valence-electron chi connectivity index (χ2n) is 5.64. The highest BCUT2D eigenvalue weighted by atomic mass is 79.9. The molecule has 1 saturated carbocycles. The lowest BCUT2D eigenvalue weighted by molar-refractivity contribution is 0.0499.